The lowest BCUT2D eigenvalue weighted by Crippen LogP contribution is -2.53. The van der Waals surface area contributed by atoms with Gasteiger partial charge in [-0.2, -0.15) is 0 Å². The third-order valence-electron chi connectivity index (χ3n) is 4.41. The molecule has 0 bridgehead atoms. The molecule has 1 aliphatic heterocycles. The SMILES string of the molecule is O=C(O)CC1(NC(=O)CCCOCCc2ccccc2)CCOCC1. The number of aliphatic carboxylic acids is 1. The van der Waals surface area contributed by atoms with Gasteiger partial charge < -0.3 is 19.9 Å². The zero-order valence-electron chi connectivity index (χ0n) is 14.5. The summed E-state index contributed by atoms with van der Waals surface area (Å²) in [7, 11) is 0. The zero-order chi connectivity index (χ0) is 18.0. The Morgan fingerprint density at radius 1 is 1.16 bits per heavy atom. The summed E-state index contributed by atoms with van der Waals surface area (Å²) in [5.74, 6) is -1.01. The molecule has 0 unspecified atom stereocenters. The van der Waals surface area contributed by atoms with Gasteiger partial charge in [0.15, 0.2) is 0 Å². The van der Waals surface area contributed by atoms with Crippen LogP contribution in [0.5, 0.6) is 0 Å². The normalized spacial score (nSPS) is 16.3. The van der Waals surface area contributed by atoms with E-state index in [0.29, 0.717) is 52.1 Å². The van der Waals surface area contributed by atoms with Crippen LogP contribution in [0.2, 0.25) is 0 Å². The first kappa shape index (κ1) is 19.4. The van der Waals surface area contributed by atoms with Gasteiger partial charge in [0.1, 0.15) is 0 Å². The minimum Gasteiger partial charge on any atom is -0.481 e. The summed E-state index contributed by atoms with van der Waals surface area (Å²) in [4.78, 5) is 23.2. The Bertz CT molecular complexity index is 540. The van der Waals surface area contributed by atoms with E-state index in [1.54, 1.807) is 0 Å². The van der Waals surface area contributed by atoms with Crippen LogP contribution in [-0.4, -0.2) is 48.9 Å². The maximum absolute atomic E-state index is 12.2. The highest BCUT2D eigenvalue weighted by molar-refractivity contribution is 5.78. The maximum Gasteiger partial charge on any atom is 0.305 e. The number of carboxylic acids is 1. The van der Waals surface area contributed by atoms with Gasteiger partial charge in [-0.05, 0) is 31.2 Å². The fourth-order valence-corrected chi connectivity index (χ4v) is 3.03. The first-order chi connectivity index (χ1) is 12.1. The van der Waals surface area contributed by atoms with Gasteiger partial charge >= 0.3 is 5.97 Å². The Kier molecular flexibility index (Phi) is 7.88. The van der Waals surface area contributed by atoms with Crippen molar-refractivity contribution in [1.29, 1.82) is 0 Å². The van der Waals surface area contributed by atoms with E-state index in [1.165, 1.54) is 5.56 Å². The summed E-state index contributed by atoms with van der Waals surface area (Å²) in [5.41, 5.74) is 0.561. The summed E-state index contributed by atoms with van der Waals surface area (Å²) < 4.78 is 10.9. The number of hydrogen-bond donors (Lipinski definition) is 2. The Morgan fingerprint density at radius 3 is 2.56 bits per heavy atom. The van der Waals surface area contributed by atoms with Gasteiger partial charge in [0, 0.05) is 26.2 Å². The lowest BCUT2D eigenvalue weighted by atomic mass is 9.86. The number of hydrogen-bond acceptors (Lipinski definition) is 4. The molecule has 6 heteroatoms. The second-order valence-electron chi connectivity index (χ2n) is 6.46. The van der Waals surface area contributed by atoms with E-state index < -0.39 is 11.5 Å². The molecule has 0 radical (unpaired) electrons. The lowest BCUT2D eigenvalue weighted by Gasteiger charge is -2.36. The number of ether oxygens (including phenoxy) is 2. The number of carbonyl (C=O) groups excluding carboxylic acids is 1. The van der Waals surface area contributed by atoms with Crippen LogP contribution in [0.1, 0.15) is 37.7 Å². The standard InChI is InChI=1S/C19H27NO5/c21-17(20-19(15-18(22)23)9-13-25-14-10-19)7-4-11-24-12-8-16-5-2-1-3-6-16/h1-3,5-6H,4,7-15H2,(H,20,21)(H,22,23). The van der Waals surface area contributed by atoms with Crippen LogP contribution < -0.4 is 5.32 Å². The van der Waals surface area contributed by atoms with Gasteiger partial charge in [-0.1, -0.05) is 30.3 Å². The van der Waals surface area contributed by atoms with Crippen LogP contribution >= 0.6 is 0 Å². The third-order valence-corrected chi connectivity index (χ3v) is 4.41. The molecular weight excluding hydrogens is 322 g/mol. The summed E-state index contributed by atoms with van der Waals surface area (Å²) in [6, 6.07) is 10.1. The molecule has 1 heterocycles. The van der Waals surface area contributed by atoms with Crippen molar-refractivity contribution in [2.24, 2.45) is 0 Å². The molecule has 1 saturated heterocycles. The van der Waals surface area contributed by atoms with Crippen LogP contribution in [0.4, 0.5) is 0 Å². The number of carbonyl (C=O) groups is 2. The molecule has 0 aromatic heterocycles. The molecule has 0 saturated carbocycles. The Balaban J connectivity index is 1.63. The molecule has 1 aromatic carbocycles. The quantitative estimate of drug-likeness (QED) is 0.632. The van der Waals surface area contributed by atoms with Crippen molar-refractivity contribution in [1.82, 2.24) is 5.32 Å². The van der Waals surface area contributed by atoms with Gasteiger partial charge in [0.05, 0.1) is 18.6 Å². The molecule has 6 nitrogen and oxygen atoms in total. The lowest BCUT2D eigenvalue weighted by molar-refractivity contribution is -0.140. The van der Waals surface area contributed by atoms with E-state index in [9.17, 15) is 9.59 Å². The summed E-state index contributed by atoms with van der Waals surface area (Å²) >= 11 is 0. The molecule has 1 aliphatic rings. The Labute approximate surface area is 148 Å². The van der Waals surface area contributed by atoms with Crippen molar-refractivity contribution in [2.75, 3.05) is 26.4 Å². The highest BCUT2D eigenvalue weighted by atomic mass is 16.5. The van der Waals surface area contributed by atoms with Gasteiger partial charge in [0.25, 0.3) is 0 Å². The Hall–Kier alpha value is -1.92. The van der Waals surface area contributed by atoms with Gasteiger partial charge in [-0.3, -0.25) is 9.59 Å². The first-order valence-electron chi connectivity index (χ1n) is 8.82. The molecule has 25 heavy (non-hydrogen) atoms. The molecule has 1 fully saturated rings. The van der Waals surface area contributed by atoms with Gasteiger partial charge in [-0.15, -0.1) is 0 Å². The third kappa shape index (κ3) is 7.23. The highest BCUT2D eigenvalue weighted by Crippen LogP contribution is 2.24. The summed E-state index contributed by atoms with van der Waals surface area (Å²) in [6.07, 6.45) is 2.84. The van der Waals surface area contributed by atoms with E-state index in [2.05, 4.69) is 17.4 Å². The van der Waals surface area contributed by atoms with Crippen molar-refractivity contribution in [3.8, 4) is 0 Å². The Morgan fingerprint density at radius 2 is 1.88 bits per heavy atom. The zero-order valence-corrected chi connectivity index (χ0v) is 14.5. The monoisotopic (exact) mass is 349 g/mol. The second-order valence-corrected chi connectivity index (χ2v) is 6.46. The smallest absolute Gasteiger partial charge is 0.305 e. The van der Waals surface area contributed by atoms with E-state index in [4.69, 9.17) is 14.6 Å². The van der Waals surface area contributed by atoms with E-state index in [1.807, 2.05) is 18.2 Å². The van der Waals surface area contributed by atoms with Crippen LogP contribution in [0, 0.1) is 0 Å². The van der Waals surface area contributed by atoms with Crippen molar-refractivity contribution < 1.29 is 24.2 Å². The molecule has 0 spiro atoms. The molecule has 0 aliphatic carbocycles. The average molecular weight is 349 g/mol. The number of nitrogens with one attached hydrogen (secondary N) is 1. The molecule has 138 valence electrons. The maximum atomic E-state index is 12.2. The highest BCUT2D eigenvalue weighted by Gasteiger charge is 2.36. The minimum atomic E-state index is -0.897. The number of rotatable bonds is 10. The van der Waals surface area contributed by atoms with Crippen molar-refractivity contribution in [3.63, 3.8) is 0 Å². The van der Waals surface area contributed by atoms with E-state index in [0.717, 1.165) is 6.42 Å². The van der Waals surface area contributed by atoms with E-state index in [-0.39, 0.29) is 12.3 Å². The van der Waals surface area contributed by atoms with Crippen molar-refractivity contribution in [2.45, 2.75) is 44.1 Å². The number of benzene rings is 1. The minimum absolute atomic E-state index is 0.0598. The van der Waals surface area contributed by atoms with Gasteiger partial charge in [-0.25, -0.2) is 0 Å². The van der Waals surface area contributed by atoms with Crippen molar-refractivity contribution >= 4 is 11.9 Å². The van der Waals surface area contributed by atoms with Gasteiger partial charge in [0.2, 0.25) is 5.91 Å². The van der Waals surface area contributed by atoms with E-state index >= 15 is 0 Å². The summed E-state index contributed by atoms with van der Waals surface area (Å²) in [5, 5.41) is 12.0. The first-order valence-corrected chi connectivity index (χ1v) is 8.82. The average Bonchev–Trinajstić information content (AvgIpc) is 2.59. The predicted octanol–water partition coefficient (Wildman–Crippen LogP) is 2.17. The van der Waals surface area contributed by atoms with Crippen molar-refractivity contribution in [3.05, 3.63) is 35.9 Å². The molecular formula is C19H27NO5. The second kappa shape index (κ2) is 10.2. The molecule has 1 amide bonds. The van der Waals surface area contributed by atoms with Crippen LogP contribution in [0.15, 0.2) is 30.3 Å². The van der Waals surface area contributed by atoms with Crippen LogP contribution in [0.25, 0.3) is 0 Å². The molecule has 2 N–H and O–H groups in total. The fraction of sp³-hybridized carbons (Fsp3) is 0.579. The molecule has 0 atom stereocenters. The number of carboxylic acid groups (broad SMARTS) is 1. The molecule has 2 rings (SSSR count). The summed E-state index contributed by atoms with van der Waals surface area (Å²) in [6.45, 7) is 2.12. The topological polar surface area (TPSA) is 84.9 Å². The largest absolute Gasteiger partial charge is 0.481 e. The fourth-order valence-electron chi connectivity index (χ4n) is 3.03. The van der Waals surface area contributed by atoms with Crippen LogP contribution in [-0.2, 0) is 25.5 Å². The molecule has 1 aromatic rings. The van der Waals surface area contributed by atoms with Crippen LogP contribution in [0.3, 0.4) is 0 Å². The predicted molar refractivity (Wildman–Crippen MR) is 93.4 cm³/mol. The number of amides is 1.